The van der Waals surface area contributed by atoms with Gasteiger partial charge in [-0.2, -0.15) is 0 Å². The highest BCUT2D eigenvalue weighted by Crippen LogP contribution is 2.50. The van der Waals surface area contributed by atoms with Crippen molar-refractivity contribution < 1.29 is 75.8 Å². The van der Waals surface area contributed by atoms with Crippen LogP contribution in [0.4, 0.5) is 8.78 Å². The summed E-state index contributed by atoms with van der Waals surface area (Å²) in [4.78, 5) is 196. The molecule has 6 aliphatic carbocycles. The van der Waals surface area contributed by atoms with Crippen molar-refractivity contribution in [2.45, 2.75) is 290 Å². The Bertz CT molecular complexity index is 3280. The number of likely N-dealkylation sites (N-methyl/N-ethyl adjacent to an activating group) is 6. The number of rotatable bonds is 14. The fourth-order valence-electron chi connectivity index (χ4n) is 18.3. The van der Waals surface area contributed by atoms with Crippen LogP contribution in [0.25, 0.3) is 0 Å². The van der Waals surface area contributed by atoms with Crippen LogP contribution in [0.15, 0.2) is 12.2 Å². The standard InChI is InChI=1S/C78H122Cl2F2N12O14/c1-13-47(2)65-73(104)93(51-28-29-51)43-64(97)88(8)57-25-15-14-20-36-92(72(57)103)60(38-49-32-34-78(81,82)35-33-49)71(102)87(7)42-62(95)83-56(31-27-48-26-30-54(79)55(80)37-48)69(100)94-41-53(108-52-23-18-19-24-52)39-58(94)68(99)85-77(45-76(3,4)46-77)75(106)91(11)66(50-21-16-17-22-50)74(105)90(10)59(70(101)86(5)6)40-63(96)89(9)61(44-107-12)67(98)84-65/h14-15,47-61,65-66H,13,16-46H2,1-12H3,(H,83,95)(H,84,98)(H,85,99)/b15-14-/t47-,48?,53+,54?,55?,56-,57-,58-,59-,60-,61-,65-,66-/m0/s1. The van der Waals surface area contributed by atoms with Gasteiger partial charge in [-0.15, -0.1) is 23.2 Å². The second-order valence-corrected chi connectivity index (χ2v) is 35.2. The molecular formula is C78H122Cl2F2N12O14. The fraction of sp³-hybridized carbons (Fsp3) is 0.821. The molecule has 0 radical (unpaired) electrons. The Balaban J connectivity index is 1.12. The summed E-state index contributed by atoms with van der Waals surface area (Å²) in [5.41, 5.74) is -2.12. The third-order valence-electron chi connectivity index (χ3n) is 25.1. The molecule has 0 aromatic carbocycles. The van der Waals surface area contributed by atoms with Crippen LogP contribution in [0.1, 0.15) is 201 Å². The van der Waals surface area contributed by atoms with Gasteiger partial charge in [-0.3, -0.25) is 57.5 Å². The van der Waals surface area contributed by atoms with Gasteiger partial charge in [-0.25, -0.2) is 8.78 Å². The molecule has 3 aliphatic heterocycles. The van der Waals surface area contributed by atoms with Gasteiger partial charge in [-0.05, 0) is 145 Å². The molecule has 108 heavy (non-hydrogen) atoms. The highest BCUT2D eigenvalue weighted by molar-refractivity contribution is 6.30. The molecule has 2 saturated heterocycles. The van der Waals surface area contributed by atoms with E-state index in [2.05, 4.69) is 16.0 Å². The van der Waals surface area contributed by atoms with Crippen molar-refractivity contribution >= 4 is 94.1 Å². The minimum absolute atomic E-state index is 0.00412. The van der Waals surface area contributed by atoms with Crippen LogP contribution >= 0.6 is 23.2 Å². The number of carbonyl (C=O) groups is 12. The Morgan fingerprint density at radius 2 is 1.31 bits per heavy atom. The third kappa shape index (κ3) is 20.7. The topological polar surface area (TPSA) is 289 Å². The smallest absolute Gasteiger partial charge is 0.248 e. The minimum Gasteiger partial charge on any atom is -0.382 e. The van der Waals surface area contributed by atoms with E-state index in [4.69, 9.17) is 32.7 Å². The van der Waals surface area contributed by atoms with E-state index in [1.165, 1.54) is 90.7 Å². The van der Waals surface area contributed by atoms with Gasteiger partial charge < -0.3 is 69.5 Å². The third-order valence-corrected chi connectivity index (χ3v) is 26.2. The Labute approximate surface area is 647 Å². The zero-order chi connectivity index (χ0) is 79.0. The molecule has 0 aromatic rings. The van der Waals surface area contributed by atoms with Crippen molar-refractivity contribution in [1.82, 2.24) is 60.0 Å². The molecule has 26 nitrogen and oxygen atoms in total. The Hall–Kier alpha value is -6.26. The van der Waals surface area contributed by atoms with Gasteiger partial charge in [-0.1, -0.05) is 72.0 Å². The molecule has 3 unspecified atom stereocenters. The highest BCUT2D eigenvalue weighted by atomic mass is 35.5. The Kier molecular flexibility index (Phi) is 29.3. The molecule has 2 bridgehead atoms. The summed E-state index contributed by atoms with van der Waals surface area (Å²) in [6, 6.07) is -10.9. The van der Waals surface area contributed by atoms with E-state index in [-0.39, 0.29) is 100 Å². The Morgan fingerprint density at radius 3 is 1.93 bits per heavy atom. The fourth-order valence-corrected chi connectivity index (χ4v) is 19.0. The lowest BCUT2D eigenvalue weighted by molar-refractivity contribution is -0.161. The minimum atomic E-state index is -2.93. The first-order valence-electron chi connectivity index (χ1n) is 39.8. The van der Waals surface area contributed by atoms with Crippen molar-refractivity contribution in [2.75, 3.05) is 89.2 Å². The molecule has 6 saturated carbocycles. The number of alkyl halides is 4. The van der Waals surface area contributed by atoms with Crippen LogP contribution in [-0.4, -0.2) is 293 Å². The number of nitrogens with zero attached hydrogens (tertiary/aromatic N) is 9. The SMILES string of the molecule is CC[C@H](C)[C@@H]1NC(=O)[C@H](COC)N(C)C(=O)C[C@@H](C(=O)N(C)C)N(C)C(=O)[C@H](C2CCCC2)N(C)C(=O)C2(CC(C)(C)C2)NC(=O)[C@@H]2C[C@@H](OC3CCCC3)CN2C(=O)[C@H](CCC2CCC(Cl)C(Cl)C2)NC(=O)CN(C)C(=O)[C@H](CC2CCC(F)(F)CC2)N2CC/C=C\C[C@@H](C2=O)N(C)C(=O)CN(C2CC2)C1=O. The number of fused-ring (bicyclic) bond motifs is 3. The molecule has 3 heterocycles. The molecule has 12 amide bonds. The molecule has 1 spiro atoms. The van der Waals surface area contributed by atoms with Crippen LogP contribution in [-0.2, 0) is 67.0 Å². The molecule has 13 atom stereocenters. The normalized spacial score (nSPS) is 32.3. The highest BCUT2D eigenvalue weighted by Gasteiger charge is 2.60. The van der Waals surface area contributed by atoms with E-state index in [9.17, 15) is 28.0 Å². The van der Waals surface area contributed by atoms with Crippen LogP contribution < -0.4 is 16.0 Å². The number of halogens is 4. The number of carbonyl (C=O) groups excluding carboxylic acids is 12. The van der Waals surface area contributed by atoms with Gasteiger partial charge in [0.05, 0.1) is 37.2 Å². The van der Waals surface area contributed by atoms with Crippen LogP contribution in [0, 0.1) is 29.1 Å². The number of nitrogens with one attached hydrogen (secondary N) is 3. The average Bonchev–Trinajstić information content (AvgIpc) is 0.786. The second-order valence-electron chi connectivity index (χ2n) is 34.0. The maximum absolute atomic E-state index is 15.9. The predicted octanol–water partition coefficient (Wildman–Crippen LogP) is 6.25. The number of ether oxygens (including phenoxy) is 2. The summed E-state index contributed by atoms with van der Waals surface area (Å²) in [5, 5.41) is 8.41. The van der Waals surface area contributed by atoms with Crippen molar-refractivity contribution in [3.8, 4) is 0 Å². The molecule has 9 rings (SSSR count). The first kappa shape index (κ1) is 85.7. The van der Waals surface area contributed by atoms with Gasteiger partial charge in [0.25, 0.3) is 0 Å². The summed E-state index contributed by atoms with van der Waals surface area (Å²) in [6.45, 7) is 5.92. The van der Waals surface area contributed by atoms with Crippen molar-refractivity contribution in [3.63, 3.8) is 0 Å². The number of hydrogen-bond donors (Lipinski definition) is 3. The van der Waals surface area contributed by atoms with E-state index in [1.54, 1.807) is 13.0 Å². The van der Waals surface area contributed by atoms with Crippen molar-refractivity contribution in [2.24, 2.45) is 29.1 Å². The molecular weight excluding hydrogens is 1440 g/mol. The number of amides is 12. The van der Waals surface area contributed by atoms with E-state index in [0.29, 0.717) is 57.8 Å². The first-order chi connectivity index (χ1) is 51.0. The quantitative estimate of drug-likeness (QED) is 0.128. The average molecular weight is 1560 g/mol. The summed E-state index contributed by atoms with van der Waals surface area (Å²) >= 11 is 13.4. The lowest BCUT2D eigenvalue weighted by atomic mass is 9.58. The lowest BCUT2D eigenvalue weighted by Crippen LogP contribution is -2.71. The Morgan fingerprint density at radius 1 is 0.657 bits per heavy atom. The van der Waals surface area contributed by atoms with E-state index in [1.807, 2.05) is 26.8 Å². The molecule has 8 fully saturated rings. The van der Waals surface area contributed by atoms with E-state index < -0.39 is 198 Å². The van der Waals surface area contributed by atoms with E-state index in [0.717, 1.165) is 48.3 Å². The largest absolute Gasteiger partial charge is 0.382 e. The maximum Gasteiger partial charge on any atom is 0.248 e. The molecule has 30 heteroatoms. The monoisotopic (exact) mass is 1560 g/mol. The number of hydrogen-bond acceptors (Lipinski definition) is 14. The van der Waals surface area contributed by atoms with Gasteiger partial charge in [0.1, 0.15) is 60.4 Å². The molecule has 0 aromatic heterocycles. The molecule has 3 N–H and O–H groups in total. The summed E-state index contributed by atoms with van der Waals surface area (Å²) in [7, 11) is 11.4. The zero-order valence-electron chi connectivity index (χ0n) is 65.8. The summed E-state index contributed by atoms with van der Waals surface area (Å²) in [5.74, 6) is -12.3. The second kappa shape index (κ2) is 36.9. The van der Waals surface area contributed by atoms with E-state index >= 15 is 38.4 Å². The van der Waals surface area contributed by atoms with Gasteiger partial charge in [0.2, 0.25) is 76.8 Å². The molecule has 606 valence electrons. The summed E-state index contributed by atoms with van der Waals surface area (Å²) in [6.07, 6.45) is 11.7. The van der Waals surface area contributed by atoms with Crippen LogP contribution in [0.2, 0.25) is 0 Å². The lowest BCUT2D eigenvalue weighted by Gasteiger charge is -2.54. The summed E-state index contributed by atoms with van der Waals surface area (Å²) < 4.78 is 42.1. The first-order valence-corrected chi connectivity index (χ1v) is 40.7. The van der Waals surface area contributed by atoms with Gasteiger partial charge in [0.15, 0.2) is 0 Å². The van der Waals surface area contributed by atoms with Crippen LogP contribution in [0.5, 0.6) is 0 Å². The predicted molar refractivity (Wildman–Crippen MR) is 401 cm³/mol. The van der Waals surface area contributed by atoms with Gasteiger partial charge in [0, 0.05) is 100 Å². The zero-order valence-corrected chi connectivity index (χ0v) is 67.4. The maximum atomic E-state index is 15.9. The number of methoxy groups -OCH3 is 1. The van der Waals surface area contributed by atoms with Crippen molar-refractivity contribution in [1.29, 1.82) is 0 Å². The van der Waals surface area contributed by atoms with Crippen LogP contribution in [0.3, 0.4) is 0 Å². The van der Waals surface area contributed by atoms with Gasteiger partial charge >= 0.3 is 0 Å². The van der Waals surface area contributed by atoms with Crippen molar-refractivity contribution in [3.05, 3.63) is 12.2 Å². The molecule has 9 aliphatic rings.